The van der Waals surface area contributed by atoms with Gasteiger partial charge in [0.2, 0.25) is 0 Å². The second-order valence-corrected chi connectivity index (χ2v) is 8.05. The third kappa shape index (κ3) is 4.43. The summed E-state index contributed by atoms with van der Waals surface area (Å²) < 4.78 is 5.65. The van der Waals surface area contributed by atoms with Crippen molar-refractivity contribution < 1.29 is 24.5 Å². The Morgan fingerprint density at radius 2 is 1.76 bits per heavy atom. The molecule has 3 aromatic carbocycles. The first kappa shape index (κ1) is 22.4. The summed E-state index contributed by atoms with van der Waals surface area (Å²) in [7, 11) is 0. The van der Waals surface area contributed by atoms with Crippen molar-refractivity contribution in [2.75, 3.05) is 11.5 Å². The number of carbonyl (C=O) groups excluding carboxylic acids is 2. The van der Waals surface area contributed by atoms with Gasteiger partial charge in [-0.1, -0.05) is 48.9 Å². The lowest BCUT2D eigenvalue weighted by molar-refractivity contribution is -0.132. The zero-order chi connectivity index (χ0) is 23.5. The van der Waals surface area contributed by atoms with Gasteiger partial charge in [-0.25, -0.2) is 0 Å². The van der Waals surface area contributed by atoms with Gasteiger partial charge in [-0.2, -0.15) is 0 Å². The van der Waals surface area contributed by atoms with Crippen molar-refractivity contribution in [1.82, 2.24) is 0 Å². The summed E-state index contributed by atoms with van der Waals surface area (Å²) in [5, 5.41) is 21.4. The lowest BCUT2D eigenvalue weighted by atomic mass is 9.95. The van der Waals surface area contributed by atoms with Gasteiger partial charge >= 0.3 is 0 Å². The summed E-state index contributed by atoms with van der Waals surface area (Å²) in [6.07, 6.45) is 0.821. The van der Waals surface area contributed by atoms with Gasteiger partial charge in [0, 0.05) is 16.3 Å². The molecule has 7 heteroatoms. The molecule has 0 spiro atoms. The van der Waals surface area contributed by atoms with Crippen LogP contribution in [0.4, 0.5) is 5.69 Å². The van der Waals surface area contributed by atoms with E-state index in [1.807, 2.05) is 6.92 Å². The number of aromatic hydroxyl groups is 1. The standard InChI is InChI=1S/C26H22ClNO5/c1-2-13-33-21-8-3-5-17(14-21)24(30)22-23(16-9-11-20(29)12-10-16)28(26(32)25(22)31)19-7-4-6-18(27)15-19/h3-12,14-15,23,29-30H,2,13H2,1H3/b24-22+. The normalized spacial score (nSPS) is 17.4. The average molecular weight is 464 g/mol. The van der Waals surface area contributed by atoms with Crippen molar-refractivity contribution in [3.63, 3.8) is 0 Å². The van der Waals surface area contributed by atoms with Crippen LogP contribution in [0.1, 0.15) is 30.5 Å². The summed E-state index contributed by atoms with van der Waals surface area (Å²) in [5.41, 5.74) is 1.27. The fraction of sp³-hybridized carbons (Fsp3) is 0.154. The largest absolute Gasteiger partial charge is 0.508 e. The molecule has 0 saturated carbocycles. The minimum atomic E-state index is -0.913. The van der Waals surface area contributed by atoms with Crippen molar-refractivity contribution in [1.29, 1.82) is 0 Å². The highest BCUT2D eigenvalue weighted by Crippen LogP contribution is 2.43. The van der Waals surface area contributed by atoms with Gasteiger partial charge < -0.3 is 14.9 Å². The first-order valence-corrected chi connectivity index (χ1v) is 10.9. The van der Waals surface area contributed by atoms with Crippen LogP contribution in [-0.2, 0) is 9.59 Å². The number of ketones is 1. The maximum Gasteiger partial charge on any atom is 0.300 e. The van der Waals surface area contributed by atoms with Gasteiger partial charge in [0.25, 0.3) is 11.7 Å². The lowest BCUT2D eigenvalue weighted by Crippen LogP contribution is -2.29. The minimum absolute atomic E-state index is 0.0410. The van der Waals surface area contributed by atoms with E-state index in [4.69, 9.17) is 16.3 Å². The molecule has 1 fully saturated rings. The van der Waals surface area contributed by atoms with Crippen LogP contribution in [0.25, 0.3) is 5.76 Å². The van der Waals surface area contributed by atoms with E-state index >= 15 is 0 Å². The molecule has 0 aliphatic carbocycles. The molecule has 33 heavy (non-hydrogen) atoms. The number of carbonyl (C=O) groups is 2. The number of aliphatic hydroxyl groups is 1. The Morgan fingerprint density at radius 3 is 2.45 bits per heavy atom. The number of aliphatic hydroxyl groups excluding tert-OH is 1. The Balaban J connectivity index is 1.89. The van der Waals surface area contributed by atoms with Crippen molar-refractivity contribution in [2.24, 2.45) is 0 Å². The fourth-order valence-electron chi connectivity index (χ4n) is 3.81. The Bertz CT molecular complexity index is 1240. The molecule has 0 radical (unpaired) electrons. The second kappa shape index (κ2) is 9.38. The van der Waals surface area contributed by atoms with E-state index in [9.17, 15) is 19.8 Å². The number of hydrogen-bond donors (Lipinski definition) is 2. The van der Waals surface area contributed by atoms with Crippen LogP contribution in [0.3, 0.4) is 0 Å². The zero-order valence-electron chi connectivity index (χ0n) is 17.9. The topological polar surface area (TPSA) is 87.1 Å². The van der Waals surface area contributed by atoms with Crippen molar-refractivity contribution in [3.05, 3.63) is 94.5 Å². The van der Waals surface area contributed by atoms with Crippen molar-refractivity contribution in [2.45, 2.75) is 19.4 Å². The van der Waals surface area contributed by atoms with E-state index in [2.05, 4.69) is 0 Å². The maximum atomic E-state index is 13.2. The van der Waals surface area contributed by atoms with Gasteiger partial charge in [0.1, 0.15) is 17.3 Å². The third-order valence-electron chi connectivity index (χ3n) is 5.32. The monoisotopic (exact) mass is 463 g/mol. The number of anilines is 1. The van der Waals surface area contributed by atoms with E-state index < -0.39 is 17.7 Å². The molecule has 168 valence electrons. The van der Waals surface area contributed by atoms with Crippen LogP contribution in [-0.4, -0.2) is 28.5 Å². The number of Topliss-reactive ketones (excluding diaryl/α,β-unsaturated/α-hetero) is 1. The number of benzene rings is 3. The van der Waals surface area contributed by atoms with E-state index in [1.54, 1.807) is 60.7 Å². The predicted octanol–water partition coefficient (Wildman–Crippen LogP) is 5.46. The first-order chi connectivity index (χ1) is 15.9. The van der Waals surface area contributed by atoms with Crippen LogP contribution < -0.4 is 9.64 Å². The molecule has 1 saturated heterocycles. The number of phenols is 1. The van der Waals surface area contributed by atoms with Crippen molar-refractivity contribution in [3.8, 4) is 11.5 Å². The molecular weight excluding hydrogens is 442 g/mol. The van der Waals surface area contributed by atoms with Gasteiger partial charge in [-0.05, 0) is 54.4 Å². The molecule has 1 heterocycles. The van der Waals surface area contributed by atoms with E-state index in [-0.39, 0.29) is 17.1 Å². The molecule has 1 amide bonds. The van der Waals surface area contributed by atoms with Crippen LogP contribution in [0.15, 0.2) is 78.4 Å². The fourth-order valence-corrected chi connectivity index (χ4v) is 3.99. The molecule has 1 aliphatic heterocycles. The number of hydrogen-bond acceptors (Lipinski definition) is 5. The van der Waals surface area contributed by atoms with Gasteiger partial charge in [0.05, 0.1) is 18.2 Å². The summed E-state index contributed by atoms with van der Waals surface area (Å²) >= 11 is 6.14. The van der Waals surface area contributed by atoms with Gasteiger partial charge in [-0.15, -0.1) is 0 Å². The van der Waals surface area contributed by atoms with Crippen LogP contribution in [0.2, 0.25) is 5.02 Å². The highest BCUT2D eigenvalue weighted by molar-refractivity contribution is 6.51. The Labute approximate surface area is 196 Å². The Hall–Kier alpha value is -3.77. The smallest absolute Gasteiger partial charge is 0.300 e. The van der Waals surface area contributed by atoms with Crippen LogP contribution in [0.5, 0.6) is 11.5 Å². The highest BCUT2D eigenvalue weighted by atomic mass is 35.5. The Morgan fingerprint density at radius 1 is 1.03 bits per heavy atom. The SMILES string of the molecule is CCCOc1cccc(/C(O)=C2\C(=O)C(=O)N(c3cccc(Cl)c3)C2c2ccc(O)cc2)c1. The van der Waals surface area contributed by atoms with Gasteiger partial charge in [-0.3, -0.25) is 14.5 Å². The second-order valence-electron chi connectivity index (χ2n) is 7.62. The first-order valence-electron chi connectivity index (χ1n) is 10.5. The molecule has 0 aromatic heterocycles. The van der Waals surface area contributed by atoms with Crippen LogP contribution in [0, 0.1) is 0 Å². The quantitative estimate of drug-likeness (QED) is 0.288. The third-order valence-corrected chi connectivity index (χ3v) is 5.56. The summed E-state index contributed by atoms with van der Waals surface area (Å²) in [6, 6.07) is 18.6. The lowest BCUT2D eigenvalue weighted by Gasteiger charge is -2.25. The molecule has 1 unspecified atom stereocenters. The number of halogens is 1. The molecule has 1 aliphatic rings. The van der Waals surface area contributed by atoms with E-state index in [0.29, 0.717) is 34.2 Å². The molecule has 1 atom stereocenters. The number of amides is 1. The van der Waals surface area contributed by atoms with E-state index in [0.717, 1.165) is 6.42 Å². The molecule has 3 aromatic rings. The Kier molecular flexibility index (Phi) is 6.38. The minimum Gasteiger partial charge on any atom is -0.508 e. The van der Waals surface area contributed by atoms with E-state index in [1.165, 1.54) is 17.0 Å². The summed E-state index contributed by atoms with van der Waals surface area (Å²) in [6.45, 7) is 2.50. The molecular formula is C26H22ClNO5. The average Bonchev–Trinajstić information content (AvgIpc) is 3.08. The summed E-state index contributed by atoms with van der Waals surface area (Å²) in [4.78, 5) is 27.6. The molecule has 6 nitrogen and oxygen atoms in total. The van der Waals surface area contributed by atoms with Gasteiger partial charge in [0.15, 0.2) is 0 Å². The highest BCUT2D eigenvalue weighted by Gasteiger charge is 2.47. The summed E-state index contributed by atoms with van der Waals surface area (Å²) in [5.74, 6) is -1.32. The number of phenolic OH excluding ortho intramolecular Hbond substituents is 1. The maximum absolute atomic E-state index is 13.2. The molecule has 0 bridgehead atoms. The molecule has 2 N–H and O–H groups in total. The van der Waals surface area contributed by atoms with Crippen molar-refractivity contribution >= 4 is 34.7 Å². The van der Waals surface area contributed by atoms with Crippen LogP contribution >= 0.6 is 11.6 Å². The number of ether oxygens (including phenoxy) is 1. The number of rotatable bonds is 6. The predicted molar refractivity (Wildman–Crippen MR) is 127 cm³/mol. The number of nitrogens with zero attached hydrogens (tertiary/aromatic N) is 1. The molecule has 4 rings (SSSR count). The zero-order valence-corrected chi connectivity index (χ0v) is 18.6.